The van der Waals surface area contributed by atoms with Crippen LogP contribution < -0.4 is 10.3 Å². The molecule has 18 heavy (non-hydrogen) atoms. The molecule has 0 aliphatic carbocycles. The zero-order valence-electron chi connectivity index (χ0n) is 10.2. The van der Waals surface area contributed by atoms with Gasteiger partial charge in [0.05, 0.1) is 13.7 Å². The Hall–Kier alpha value is -1.62. The molecule has 2 rings (SSSR count). The average Bonchev–Trinajstić information content (AvgIpc) is 2.36. The second kappa shape index (κ2) is 5.35. The normalized spacial score (nSPS) is 10.4. The summed E-state index contributed by atoms with van der Waals surface area (Å²) in [6.45, 7) is 2.22. The Bertz CT molecular complexity index is 605. The molecule has 0 atom stereocenters. The molecule has 4 nitrogen and oxygen atoms in total. The van der Waals surface area contributed by atoms with E-state index in [2.05, 4.69) is 20.9 Å². The van der Waals surface area contributed by atoms with Gasteiger partial charge in [0.15, 0.2) is 0 Å². The van der Waals surface area contributed by atoms with Crippen molar-refractivity contribution in [2.75, 3.05) is 7.11 Å². The van der Waals surface area contributed by atoms with Crippen molar-refractivity contribution in [3.8, 4) is 5.75 Å². The van der Waals surface area contributed by atoms with Gasteiger partial charge in [0, 0.05) is 6.20 Å². The fourth-order valence-corrected chi connectivity index (χ4v) is 2.19. The van der Waals surface area contributed by atoms with Crippen LogP contribution in [0.15, 0.2) is 39.9 Å². The van der Waals surface area contributed by atoms with Crippen molar-refractivity contribution in [2.24, 2.45) is 0 Å². The number of hydrogen-bond acceptors (Lipinski definition) is 3. The minimum absolute atomic E-state index is 0.0750. The van der Waals surface area contributed by atoms with Crippen LogP contribution in [-0.4, -0.2) is 16.7 Å². The number of hydrogen-bond donors (Lipinski definition) is 0. The highest BCUT2D eigenvalue weighted by atomic mass is 79.9. The highest BCUT2D eigenvalue weighted by molar-refractivity contribution is 9.10. The number of aryl methyl sites for hydroxylation is 1. The molecule has 0 N–H and O–H groups in total. The van der Waals surface area contributed by atoms with E-state index in [0.29, 0.717) is 16.8 Å². The van der Waals surface area contributed by atoms with Crippen molar-refractivity contribution < 1.29 is 4.74 Å². The lowest BCUT2D eigenvalue weighted by molar-refractivity contribution is 0.414. The quantitative estimate of drug-likeness (QED) is 0.874. The van der Waals surface area contributed by atoms with Crippen LogP contribution in [0.25, 0.3) is 0 Å². The number of ether oxygens (including phenoxy) is 1. The Labute approximate surface area is 113 Å². The van der Waals surface area contributed by atoms with E-state index in [1.807, 2.05) is 24.3 Å². The van der Waals surface area contributed by atoms with Crippen LogP contribution in [0.3, 0.4) is 0 Å². The zero-order valence-corrected chi connectivity index (χ0v) is 11.8. The first-order valence-electron chi connectivity index (χ1n) is 5.46. The van der Waals surface area contributed by atoms with E-state index >= 15 is 0 Å². The summed E-state index contributed by atoms with van der Waals surface area (Å²) in [7, 11) is 1.63. The van der Waals surface area contributed by atoms with Gasteiger partial charge in [-0.25, -0.2) is 4.98 Å². The summed E-state index contributed by atoms with van der Waals surface area (Å²) in [5.74, 6) is 0.804. The first-order valence-corrected chi connectivity index (χ1v) is 6.26. The molecular formula is C13H13BrN2O2. The van der Waals surface area contributed by atoms with Gasteiger partial charge in [-0.1, -0.05) is 12.1 Å². The summed E-state index contributed by atoms with van der Waals surface area (Å²) < 4.78 is 7.39. The Balaban J connectivity index is 2.31. The average molecular weight is 309 g/mol. The van der Waals surface area contributed by atoms with E-state index in [0.717, 1.165) is 11.3 Å². The van der Waals surface area contributed by atoms with Gasteiger partial charge in [-0.2, -0.15) is 0 Å². The maximum atomic E-state index is 11.9. The number of nitrogens with zero attached hydrogens (tertiary/aromatic N) is 2. The predicted octanol–water partition coefficient (Wildman–Crippen LogP) is 2.37. The molecular weight excluding hydrogens is 296 g/mol. The van der Waals surface area contributed by atoms with Gasteiger partial charge in [0.25, 0.3) is 5.56 Å². The summed E-state index contributed by atoms with van der Waals surface area (Å²) in [6, 6.07) is 7.64. The van der Waals surface area contributed by atoms with Crippen LogP contribution in [0.1, 0.15) is 11.3 Å². The molecule has 1 aromatic carbocycles. The largest absolute Gasteiger partial charge is 0.497 e. The topological polar surface area (TPSA) is 44.1 Å². The summed E-state index contributed by atoms with van der Waals surface area (Å²) in [6.07, 6.45) is 1.69. The summed E-state index contributed by atoms with van der Waals surface area (Å²) in [5, 5.41) is 0. The maximum absolute atomic E-state index is 11.9. The Morgan fingerprint density at radius 1 is 1.33 bits per heavy atom. The van der Waals surface area contributed by atoms with E-state index in [1.54, 1.807) is 24.8 Å². The smallest absolute Gasteiger partial charge is 0.272 e. The number of aromatic nitrogens is 2. The maximum Gasteiger partial charge on any atom is 0.272 e. The number of benzene rings is 1. The van der Waals surface area contributed by atoms with Crippen LogP contribution in [-0.2, 0) is 6.54 Å². The van der Waals surface area contributed by atoms with Crippen molar-refractivity contribution >= 4 is 15.9 Å². The number of rotatable bonds is 3. The molecule has 0 aliphatic rings. The molecule has 0 radical (unpaired) electrons. The molecule has 2 aromatic rings. The van der Waals surface area contributed by atoms with Gasteiger partial charge in [-0.15, -0.1) is 0 Å². The summed E-state index contributed by atoms with van der Waals surface area (Å²) in [4.78, 5) is 16.0. The van der Waals surface area contributed by atoms with Crippen molar-refractivity contribution in [1.29, 1.82) is 0 Å². The Morgan fingerprint density at radius 3 is 2.61 bits per heavy atom. The lowest BCUT2D eigenvalue weighted by Crippen LogP contribution is -2.23. The van der Waals surface area contributed by atoms with Crippen molar-refractivity contribution in [2.45, 2.75) is 13.5 Å². The minimum Gasteiger partial charge on any atom is -0.497 e. The third-order valence-corrected chi connectivity index (χ3v) is 3.00. The summed E-state index contributed by atoms with van der Waals surface area (Å²) >= 11 is 3.29. The molecule has 94 valence electrons. The SMILES string of the molecule is COc1ccc(Cn2cc(Br)nc(C)c2=O)cc1. The third kappa shape index (κ3) is 2.79. The molecule has 0 bridgehead atoms. The standard InChI is InChI=1S/C13H13BrN2O2/c1-9-13(17)16(8-12(14)15-9)7-10-3-5-11(18-2)6-4-10/h3-6,8H,7H2,1-2H3. The van der Waals surface area contributed by atoms with Gasteiger partial charge >= 0.3 is 0 Å². The van der Waals surface area contributed by atoms with Gasteiger partial charge in [-0.05, 0) is 40.5 Å². The lowest BCUT2D eigenvalue weighted by Gasteiger charge is -2.08. The second-order valence-corrected chi connectivity index (χ2v) is 4.74. The molecule has 0 aliphatic heterocycles. The van der Waals surface area contributed by atoms with Crippen LogP contribution in [0.2, 0.25) is 0 Å². The molecule has 0 amide bonds. The summed E-state index contributed by atoms with van der Waals surface area (Å²) in [5.41, 5.74) is 1.45. The minimum atomic E-state index is -0.0750. The molecule has 1 aromatic heterocycles. The van der Waals surface area contributed by atoms with Crippen LogP contribution >= 0.6 is 15.9 Å². The number of methoxy groups -OCH3 is 1. The first-order chi connectivity index (χ1) is 8.60. The Morgan fingerprint density at radius 2 is 2.00 bits per heavy atom. The molecule has 0 spiro atoms. The molecule has 5 heteroatoms. The lowest BCUT2D eigenvalue weighted by atomic mass is 10.2. The first kappa shape index (κ1) is 12.8. The van der Waals surface area contributed by atoms with Crippen molar-refractivity contribution in [3.63, 3.8) is 0 Å². The fourth-order valence-electron chi connectivity index (χ4n) is 1.68. The predicted molar refractivity (Wildman–Crippen MR) is 73.0 cm³/mol. The van der Waals surface area contributed by atoms with Gasteiger partial charge < -0.3 is 9.30 Å². The van der Waals surface area contributed by atoms with E-state index in [-0.39, 0.29) is 5.56 Å². The molecule has 0 fully saturated rings. The van der Waals surface area contributed by atoms with Crippen molar-refractivity contribution in [1.82, 2.24) is 9.55 Å². The van der Waals surface area contributed by atoms with Crippen LogP contribution in [0.4, 0.5) is 0 Å². The second-order valence-electron chi connectivity index (χ2n) is 3.93. The zero-order chi connectivity index (χ0) is 13.1. The molecule has 0 saturated heterocycles. The third-order valence-electron chi connectivity index (χ3n) is 2.62. The Kier molecular flexibility index (Phi) is 3.81. The molecule has 0 saturated carbocycles. The molecule has 1 heterocycles. The fraction of sp³-hybridized carbons (Fsp3) is 0.231. The van der Waals surface area contributed by atoms with Crippen LogP contribution in [0.5, 0.6) is 5.75 Å². The van der Waals surface area contributed by atoms with E-state index < -0.39 is 0 Å². The highest BCUT2D eigenvalue weighted by Gasteiger charge is 2.04. The van der Waals surface area contributed by atoms with E-state index in [4.69, 9.17) is 4.74 Å². The molecule has 0 unspecified atom stereocenters. The monoisotopic (exact) mass is 308 g/mol. The van der Waals surface area contributed by atoms with Gasteiger partial charge in [0.1, 0.15) is 16.0 Å². The highest BCUT2D eigenvalue weighted by Crippen LogP contribution is 2.12. The number of halogens is 1. The van der Waals surface area contributed by atoms with Gasteiger partial charge in [-0.3, -0.25) is 4.79 Å². The van der Waals surface area contributed by atoms with Crippen LogP contribution in [0, 0.1) is 6.92 Å². The van der Waals surface area contributed by atoms with E-state index in [1.165, 1.54) is 0 Å². The van der Waals surface area contributed by atoms with E-state index in [9.17, 15) is 4.79 Å². The van der Waals surface area contributed by atoms with Crippen molar-refractivity contribution in [3.05, 3.63) is 56.7 Å². The van der Waals surface area contributed by atoms with Gasteiger partial charge in [0.2, 0.25) is 0 Å².